The molecule has 1 heterocycles. The zero-order chi connectivity index (χ0) is 15.0. The number of nitrogens with one attached hydrogen (secondary N) is 1. The number of likely N-dealkylation sites (tertiary alicyclic amines) is 1. The van der Waals surface area contributed by atoms with Crippen molar-refractivity contribution in [2.75, 3.05) is 33.3 Å². The second kappa shape index (κ2) is 8.63. The van der Waals surface area contributed by atoms with Crippen molar-refractivity contribution in [3.8, 4) is 0 Å². The van der Waals surface area contributed by atoms with Gasteiger partial charge in [-0.15, -0.1) is 0 Å². The third-order valence-electron chi connectivity index (χ3n) is 4.42. The number of hydrogen-bond donors (Lipinski definition) is 1. The van der Waals surface area contributed by atoms with Crippen LogP contribution in [0.4, 0.5) is 0 Å². The van der Waals surface area contributed by atoms with E-state index in [4.69, 9.17) is 4.74 Å². The van der Waals surface area contributed by atoms with Gasteiger partial charge >= 0.3 is 5.97 Å². The zero-order valence-corrected chi connectivity index (χ0v) is 13.7. The third kappa shape index (κ3) is 5.06. The number of likely N-dealkylation sites (N-methyl/N-ethyl adjacent to an activating group) is 1. The number of ether oxygens (including phenoxy) is 1. The van der Waals surface area contributed by atoms with Crippen LogP contribution in [0.25, 0.3) is 0 Å². The van der Waals surface area contributed by atoms with Crippen LogP contribution in [0, 0.1) is 5.92 Å². The van der Waals surface area contributed by atoms with Crippen LogP contribution >= 0.6 is 0 Å². The van der Waals surface area contributed by atoms with Gasteiger partial charge in [-0.25, -0.2) is 0 Å². The Balaban J connectivity index is 2.32. The molecule has 0 aliphatic carbocycles. The molecule has 0 spiro atoms. The summed E-state index contributed by atoms with van der Waals surface area (Å²) < 4.78 is 4.92. The van der Waals surface area contributed by atoms with Gasteiger partial charge in [-0.2, -0.15) is 0 Å². The summed E-state index contributed by atoms with van der Waals surface area (Å²) in [5, 5.41) is 3.27. The Bertz CT molecular complexity index is 296. The Morgan fingerprint density at radius 1 is 1.45 bits per heavy atom. The Hall–Kier alpha value is -0.610. The normalized spacial score (nSPS) is 22.7. The first-order valence-corrected chi connectivity index (χ1v) is 8.11. The smallest absolute Gasteiger partial charge is 0.325 e. The van der Waals surface area contributed by atoms with Crippen LogP contribution in [-0.2, 0) is 9.53 Å². The molecule has 0 saturated carbocycles. The van der Waals surface area contributed by atoms with E-state index in [1.807, 2.05) is 13.8 Å². The summed E-state index contributed by atoms with van der Waals surface area (Å²) in [7, 11) is 1.47. The minimum atomic E-state index is -0.536. The van der Waals surface area contributed by atoms with Crippen molar-refractivity contribution >= 4 is 5.97 Å². The van der Waals surface area contributed by atoms with E-state index in [-0.39, 0.29) is 5.97 Å². The molecule has 0 amide bonds. The molecule has 0 bridgehead atoms. The van der Waals surface area contributed by atoms with Gasteiger partial charge in [0.25, 0.3) is 0 Å². The lowest BCUT2D eigenvalue weighted by Gasteiger charge is -2.28. The zero-order valence-electron chi connectivity index (χ0n) is 13.7. The maximum absolute atomic E-state index is 11.9. The van der Waals surface area contributed by atoms with Gasteiger partial charge in [-0.3, -0.25) is 4.79 Å². The van der Waals surface area contributed by atoms with E-state index in [1.54, 1.807) is 0 Å². The highest BCUT2D eigenvalue weighted by molar-refractivity contribution is 5.80. The minimum Gasteiger partial charge on any atom is -0.468 e. The predicted molar refractivity (Wildman–Crippen MR) is 82.8 cm³/mol. The van der Waals surface area contributed by atoms with Crippen LogP contribution in [0.5, 0.6) is 0 Å². The minimum absolute atomic E-state index is 0.148. The molecule has 0 aromatic heterocycles. The van der Waals surface area contributed by atoms with Crippen LogP contribution in [-0.4, -0.2) is 49.7 Å². The van der Waals surface area contributed by atoms with Gasteiger partial charge in [0.15, 0.2) is 0 Å². The number of methoxy groups -OCH3 is 1. The summed E-state index contributed by atoms with van der Waals surface area (Å²) >= 11 is 0. The summed E-state index contributed by atoms with van der Waals surface area (Å²) in [6.07, 6.45) is 5.86. The monoisotopic (exact) mass is 284 g/mol. The molecule has 1 N–H and O–H groups in total. The highest BCUT2D eigenvalue weighted by Gasteiger charge is 2.33. The highest BCUT2D eigenvalue weighted by Crippen LogP contribution is 2.22. The largest absolute Gasteiger partial charge is 0.468 e. The Labute approximate surface area is 124 Å². The molecular weight excluding hydrogens is 252 g/mol. The van der Waals surface area contributed by atoms with Gasteiger partial charge in [-0.1, -0.05) is 20.3 Å². The molecule has 1 aliphatic heterocycles. The van der Waals surface area contributed by atoms with E-state index in [0.29, 0.717) is 0 Å². The molecule has 1 fully saturated rings. The van der Waals surface area contributed by atoms with Crippen molar-refractivity contribution in [2.24, 2.45) is 5.92 Å². The molecule has 1 rings (SSSR count). The number of carbonyl (C=O) groups excluding carboxylic acids is 1. The predicted octanol–water partition coefficient (Wildman–Crippen LogP) is 2.43. The molecule has 4 heteroatoms. The third-order valence-corrected chi connectivity index (χ3v) is 4.42. The lowest BCUT2D eigenvalue weighted by atomic mass is 9.95. The summed E-state index contributed by atoms with van der Waals surface area (Å²) in [4.78, 5) is 14.4. The van der Waals surface area contributed by atoms with Gasteiger partial charge in [0.1, 0.15) is 5.54 Å². The number of nitrogens with zero attached hydrogens (tertiary/aromatic N) is 1. The topological polar surface area (TPSA) is 41.6 Å². The average molecular weight is 284 g/mol. The van der Waals surface area contributed by atoms with Crippen LogP contribution in [0.1, 0.15) is 52.9 Å². The Kier molecular flexibility index (Phi) is 7.52. The summed E-state index contributed by atoms with van der Waals surface area (Å²) in [5.74, 6) is 0.741. The Morgan fingerprint density at radius 3 is 2.80 bits per heavy atom. The van der Waals surface area contributed by atoms with E-state index in [0.717, 1.165) is 31.8 Å². The second-order valence-electron chi connectivity index (χ2n) is 6.20. The van der Waals surface area contributed by atoms with E-state index in [1.165, 1.54) is 39.5 Å². The lowest BCUT2D eigenvalue weighted by Crippen LogP contribution is -2.50. The fraction of sp³-hybridized carbons (Fsp3) is 0.938. The molecule has 0 radical (unpaired) electrons. The fourth-order valence-corrected chi connectivity index (χ4v) is 3.29. The van der Waals surface area contributed by atoms with Crippen LogP contribution in [0.15, 0.2) is 0 Å². The summed E-state index contributed by atoms with van der Waals surface area (Å²) in [6, 6.07) is 0. The number of hydrogen-bond acceptors (Lipinski definition) is 4. The first kappa shape index (κ1) is 17.4. The van der Waals surface area contributed by atoms with Crippen molar-refractivity contribution in [3.05, 3.63) is 0 Å². The van der Waals surface area contributed by atoms with Crippen molar-refractivity contribution < 1.29 is 9.53 Å². The van der Waals surface area contributed by atoms with E-state index in [2.05, 4.69) is 17.1 Å². The quantitative estimate of drug-likeness (QED) is 0.660. The molecule has 4 nitrogen and oxygen atoms in total. The number of esters is 1. The standard InChI is InChI=1S/C16H32N2O2/c1-5-8-14-9-12-18(13-14)11-7-10-16(3,17-6-2)15(19)20-4/h14,17H,5-13H2,1-4H3. The average Bonchev–Trinajstić information content (AvgIpc) is 2.86. The van der Waals surface area contributed by atoms with Gasteiger partial charge in [0.2, 0.25) is 0 Å². The van der Waals surface area contributed by atoms with Crippen LogP contribution < -0.4 is 5.32 Å². The maximum atomic E-state index is 11.9. The molecule has 1 saturated heterocycles. The molecule has 0 aromatic carbocycles. The van der Waals surface area contributed by atoms with Gasteiger partial charge in [0.05, 0.1) is 7.11 Å². The van der Waals surface area contributed by atoms with Gasteiger partial charge in [0, 0.05) is 6.54 Å². The van der Waals surface area contributed by atoms with Gasteiger partial charge < -0.3 is 15.0 Å². The lowest BCUT2D eigenvalue weighted by molar-refractivity contribution is -0.148. The fourth-order valence-electron chi connectivity index (χ4n) is 3.29. The van der Waals surface area contributed by atoms with Crippen molar-refractivity contribution in [2.45, 2.75) is 58.4 Å². The molecule has 2 unspecified atom stereocenters. The van der Waals surface area contributed by atoms with Crippen molar-refractivity contribution in [1.82, 2.24) is 10.2 Å². The van der Waals surface area contributed by atoms with Crippen LogP contribution in [0.3, 0.4) is 0 Å². The van der Waals surface area contributed by atoms with Crippen LogP contribution in [0.2, 0.25) is 0 Å². The summed E-state index contributed by atoms with van der Waals surface area (Å²) in [5.41, 5.74) is -0.536. The molecule has 2 atom stereocenters. The van der Waals surface area contributed by atoms with Crippen molar-refractivity contribution in [3.63, 3.8) is 0 Å². The molecule has 20 heavy (non-hydrogen) atoms. The number of carbonyl (C=O) groups is 1. The first-order chi connectivity index (χ1) is 9.55. The molecule has 1 aliphatic rings. The van der Waals surface area contributed by atoms with Crippen molar-refractivity contribution in [1.29, 1.82) is 0 Å². The highest BCUT2D eigenvalue weighted by atomic mass is 16.5. The van der Waals surface area contributed by atoms with E-state index in [9.17, 15) is 4.79 Å². The molecule has 0 aromatic rings. The maximum Gasteiger partial charge on any atom is 0.325 e. The summed E-state index contributed by atoms with van der Waals surface area (Å²) in [6.45, 7) is 10.6. The SMILES string of the molecule is CCCC1CCN(CCCC(C)(NCC)C(=O)OC)C1. The van der Waals surface area contributed by atoms with Gasteiger partial charge in [-0.05, 0) is 58.2 Å². The number of rotatable bonds is 9. The molecular formula is C16H32N2O2. The Morgan fingerprint density at radius 2 is 2.20 bits per heavy atom. The van der Waals surface area contributed by atoms with E-state index >= 15 is 0 Å². The van der Waals surface area contributed by atoms with E-state index < -0.39 is 5.54 Å². The first-order valence-electron chi connectivity index (χ1n) is 8.11. The molecule has 118 valence electrons. The second-order valence-corrected chi connectivity index (χ2v) is 6.20.